The maximum Gasteiger partial charge on any atom is 0.260 e. The summed E-state index contributed by atoms with van der Waals surface area (Å²) in [7, 11) is 3.11. The number of rotatable bonds is 8. The minimum absolute atomic E-state index is 0.0268. The molecular formula is C25H29ClN8O4. The van der Waals surface area contributed by atoms with Gasteiger partial charge < -0.3 is 25.1 Å². The number of nitrogens with zero attached hydrogens (tertiary/aromatic N) is 6. The number of methoxy groups -OCH3 is 2. The van der Waals surface area contributed by atoms with Gasteiger partial charge in [0, 0.05) is 30.4 Å². The van der Waals surface area contributed by atoms with Crippen LogP contribution >= 0.6 is 11.6 Å². The first-order chi connectivity index (χ1) is 18.0. The second kappa shape index (κ2) is 10.8. The number of carbonyl (C=O) groups is 2. The molecule has 12 nitrogen and oxygen atoms in total. The molecule has 13 heteroatoms. The van der Waals surface area contributed by atoms with Crippen LogP contribution < -0.4 is 20.7 Å². The van der Waals surface area contributed by atoms with Gasteiger partial charge in [-0.15, -0.1) is 0 Å². The zero-order valence-electron chi connectivity index (χ0n) is 22.0. The molecule has 0 aliphatic carbocycles. The highest BCUT2D eigenvalue weighted by Crippen LogP contribution is 2.41. The van der Waals surface area contributed by atoms with Crippen LogP contribution in [0.15, 0.2) is 12.4 Å². The number of anilines is 3. The van der Waals surface area contributed by atoms with Gasteiger partial charge in [-0.25, -0.2) is 9.97 Å². The zero-order valence-corrected chi connectivity index (χ0v) is 22.8. The van der Waals surface area contributed by atoms with Gasteiger partial charge in [-0.05, 0) is 19.9 Å². The summed E-state index contributed by atoms with van der Waals surface area (Å²) in [6, 6.07) is 0. The molecule has 0 atom stereocenters. The number of aryl methyl sites for hydroxylation is 1. The number of nitrogens with two attached hydrogens (primary N) is 1. The molecule has 3 aromatic heterocycles. The van der Waals surface area contributed by atoms with Gasteiger partial charge in [0.25, 0.3) is 5.91 Å². The normalized spacial score (nSPS) is 13.9. The van der Waals surface area contributed by atoms with Crippen LogP contribution in [0.3, 0.4) is 0 Å². The molecule has 0 aromatic carbocycles. The van der Waals surface area contributed by atoms with E-state index in [0.717, 1.165) is 11.1 Å². The number of pyridine rings is 1. The highest BCUT2D eigenvalue weighted by atomic mass is 35.5. The minimum atomic E-state index is -0.387. The van der Waals surface area contributed by atoms with Crippen LogP contribution in [0, 0.1) is 19.8 Å². The van der Waals surface area contributed by atoms with Crippen molar-refractivity contribution >= 4 is 52.6 Å². The number of nitrogen functional groups attached to an aromatic ring is 1. The van der Waals surface area contributed by atoms with Crippen molar-refractivity contribution in [2.24, 2.45) is 5.92 Å². The summed E-state index contributed by atoms with van der Waals surface area (Å²) >= 11 is 6.48. The van der Waals surface area contributed by atoms with E-state index in [2.05, 4.69) is 25.3 Å². The number of fused-ring (bicyclic) bond motifs is 1. The van der Waals surface area contributed by atoms with Gasteiger partial charge in [0.1, 0.15) is 23.5 Å². The standard InChI is InChI=1S/C25H29ClN8O4/c1-12(2)23(35)30-17-10-33(11-37-5)18(29-17)7-15-19-21(26)31-25(27)32-22(19)34(24(15)36)9-16-14(4)20(38-6)13(3)8-28-16/h7-8,10,12H,9,11H2,1-6H3,(H,30,35)(H2,27,31,32)/b15-7+. The predicted octanol–water partition coefficient (Wildman–Crippen LogP) is 3.21. The second-order valence-electron chi connectivity index (χ2n) is 9.08. The van der Waals surface area contributed by atoms with Crippen LogP contribution in [0.5, 0.6) is 5.75 Å². The molecule has 0 spiro atoms. The molecule has 38 heavy (non-hydrogen) atoms. The lowest BCUT2D eigenvalue weighted by Crippen LogP contribution is -2.27. The molecule has 200 valence electrons. The first-order valence-electron chi connectivity index (χ1n) is 11.8. The van der Waals surface area contributed by atoms with E-state index in [1.807, 2.05) is 13.8 Å². The molecule has 0 bridgehead atoms. The van der Waals surface area contributed by atoms with E-state index in [1.165, 1.54) is 12.0 Å². The van der Waals surface area contributed by atoms with Gasteiger partial charge in [-0.3, -0.25) is 19.5 Å². The Morgan fingerprint density at radius 1 is 1.24 bits per heavy atom. The molecule has 2 amide bonds. The third-order valence-electron chi connectivity index (χ3n) is 6.05. The quantitative estimate of drug-likeness (QED) is 0.324. The van der Waals surface area contributed by atoms with E-state index >= 15 is 0 Å². The minimum Gasteiger partial charge on any atom is -0.496 e. The number of hydrogen-bond acceptors (Lipinski definition) is 9. The second-order valence-corrected chi connectivity index (χ2v) is 9.44. The van der Waals surface area contributed by atoms with Gasteiger partial charge in [0.15, 0.2) is 11.6 Å². The third-order valence-corrected chi connectivity index (χ3v) is 6.32. The first-order valence-corrected chi connectivity index (χ1v) is 12.2. The van der Waals surface area contributed by atoms with Crippen molar-refractivity contribution in [3.8, 4) is 5.75 Å². The maximum atomic E-state index is 13.8. The summed E-state index contributed by atoms with van der Waals surface area (Å²) in [6.07, 6.45) is 4.88. The average molecular weight is 541 g/mol. The fraction of sp³-hybridized carbons (Fsp3) is 0.360. The molecule has 0 saturated carbocycles. The van der Waals surface area contributed by atoms with Crippen molar-refractivity contribution in [3.05, 3.63) is 45.8 Å². The van der Waals surface area contributed by atoms with Crippen molar-refractivity contribution in [1.29, 1.82) is 0 Å². The molecule has 4 heterocycles. The van der Waals surface area contributed by atoms with Crippen LogP contribution in [0.2, 0.25) is 5.15 Å². The van der Waals surface area contributed by atoms with Crippen molar-refractivity contribution in [3.63, 3.8) is 0 Å². The molecular weight excluding hydrogens is 512 g/mol. The van der Waals surface area contributed by atoms with Crippen LogP contribution in [0.4, 0.5) is 17.6 Å². The Morgan fingerprint density at radius 3 is 2.63 bits per heavy atom. The average Bonchev–Trinajstić information content (AvgIpc) is 3.34. The SMILES string of the molecule is COCn1cc(NC(=O)C(C)C)nc1/C=C1/C(=O)N(Cc2ncc(C)c(OC)c2C)c2nc(N)nc(Cl)c21. The lowest BCUT2D eigenvalue weighted by molar-refractivity contribution is -0.119. The Bertz CT molecular complexity index is 1450. The molecule has 0 radical (unpaired) electrons. The van der Waals surface area contributed by atoms with Crippen LogP contribution in [0.1, 0.15) is 42.1 Å². The summed E-state index contributed by atoms with van der Waals surface area (Å²) in [5.41, 5.74) is 8.73. The molecule has 0 fully saturated rings. The van der Waals surface area contributed by atoms with E-state index in [9.17, 15) is 9.59 Å². The molecule has 0 saturated heterocycles. The molecule has 3 N–H and O–H groups in total. The zero-order chi connectivity index (χ0) is 27.7. The third kappa shape index (κ3) is 5.04. The highest BCUT2D eigenvalue weighted by Gasteiger charge is 2.38. The van der Waals surface area contributed by atoms with Gasteiger partial charge in [0.2, 0.25) is 11.9 Å². The topological polar surface area (TPSA) is 150 Å². The summed E-state index contributed by atoms with van der Waals surface area (Å²) in [5.74, 6) is 0.750. The van der Waals surface area contributed by atoms with E-state index in [4.69, 9.17) is 26.8 Å². The van der Waals surface area contributed by atoms with Crippen molar-refractivity contribution in [2.75, 3.05) is 30.2 Å². The Balaban J connectivity index is 1.80. The van der Waals surface area contributed by atoms with E-state index < -0.39 is 0 Å². The Kier molecular flexibility index (Phi) is 7.65. The lowest BCUT2D eigenvalue weighted by Gasteiger charge is -2.19. The predicted molar refractivity (Wildman–Crippen MR) is 143 cm³/mol. The molecule has 4 rings (SSSR count). The van der Waals surface area contributed by atoms with Crippen molar-refractivity contribution in [1.82, 2.24) is 24.5 Å². The Hall–Kier alpha value is -4.03. The van der Waals surface area contributed by atoms with Crippen LogP contribution in [0.25, 0.3) is 11.6 Å². The Labute approximate surface area is 224 Å². The Morgan fingerprint density at radius 2 is 1.97 bits per heavy atom. The number of aromatic nitrogens is 5. The summed E-state index contributed by atoms with van der Waals surface area (Å²) in [5, 5.41) is 2.79. The molecule has 0 unspecified atom stereocenters. The van der Waals surface area contributed by atoms with E-state index in [0.29, 0.717) is 28.6 Å². The van der Waals surface area contributed by atoms with Gasteiger partial charge >= 0.3 is 0 Å². The maximum absolute atomic E-state index is 13.8. The summed E-state index contributed by atoms with van der Waals surface area (Å²) < 4.78 is 12.5. The number of ether oxygens (including phenoxy) is 2. The molecule has 1 aliphatic heterocycles. The molecule has 1 aliphatic rings. The fourth-order valence-corrected chi connectivity index (χ4v) is 4.40. The smallest absolute Gasteiger partial charge is 0.260 e. The fourth-order valence-electron chi connectivity index (χ4n) is 4.12. The highest BCUT2D eigenvalue weighted by molar-refractivity contribution is 6.41. The number of imidazole rings is 1. The van der Waals surface area contributed by atoms with Crippen molar-refractivity contribution in [2.45, 2.75) is 41.0 Å². The number of amides is 2. The first kappa shape index (κ1) is 27.0. The monoisotopic (exact) mass is 540 g/mol. The number of halogens is 1. The van der Waals surface area contributed by atoms with Gasteiger partial charge in [-0.2, -0.15) is 4.98 Å². The number of carbonyl (C=O) groups excluding carboxylic acids is 2. The number of nitrogens with one attached hydrogen (secondary N) is 1. The van der Waals surface area contributed by atoms with Crippen molar-refractivity contribution < 1.29 is 19.1 Å². The van der Waals surface area contributed by atoms with Crippen LogP contribution in [-0.4, -0.2) is 50.5 Å². The van der Waals surface area contributed by atoms with Gasteiger partial charge in [0.05, 0.1) is 36.7 Å². The van der Waals surface area contributed by atoms with E-state index in [-0.39, 0.29) is 53.5 Å². The van der Waals surface area contributed by atoms with E-state index in [1.54, 1.807) is 44.0 Å². The number of hydrogen-bond donors (Lipinski definition) is 2. The summed E-state index contributed by atoms with van der Waals surface area (Å²) in [6.45, 7) is 7.56. The van der Waals surface area contributed by atoms with Gasteiger partial charge in [-0.1, -0.05) is 25.4 Å². The largest absolute Gasteiger partial charge is 0.496 e. The summed E-state index contributed by atoms with van der Waals surface area (Å²) in [4.78, 5) is 44.9. The van der Waals surface area contributed by atoms with Crippen LogP contribution in [-0.2, 0) is 27.6 Å². The molecule has 3 aromatic rings. The lowest BCUT2D eigenvalue weighted by atomic mass is 10.1.